The van der Waals surface area contributed by atoms with Gasteiger partial charge in [0.2, 0.25) is 0 Å². The topological polar surface area (TPSA) is 61.8 Å². The number of hydrogen-bond donors (Lipinski definition) is 1. The van der Waals surface area contributed by atoms with Crippen LogP contribution in [0.4, 0.5) is 0 Å². The summed E-state index contributed by atoms with van der Waals surface area (Å²) in [6, 6.07) is 7.62. The summed E-state index contributed by atoms with van der Waals surface area (Å²) in [5, 5.41) is 22.6. The van der Waals surface area contributed by atoms with Crippen LogP contribution in [0.25, 0.3) is 10.9 Å². The molecule has 0 saturated heterocycles. The Kier molecular flexibility index (Phi) is 2.17. The number of fused-ring (bicyclic) bond motifs is 1. The van der Waals surface area contributed by atoms with Crippen LogP contribution in [0.5, 0.6) is 0 Å². The molecule has 0 atom stereocenters. The molecule has 14 heavy (non-hydrogen) atoms. The number of aromatic nitrogens is 2. The van der Waals surface area contributed by atoms with Crippen LogP contribution < -0.4 is 0 Å². The van der Waals surface area contributed by atoms with E-state index in [9.17, 15) is 0 Å². The van der Waals surface area contributed by atoms with Crippen molar-refractivity contribution >= 4 is 10.9 Å². The van der Waals surface area contributed by atoms with Gasteiger partial charge in [-0.05, 0) is 11.6 Å². The van der Waals surface area contributed by atoms with E-state index in [2.05, 4.69) is 5.10 Å². The van der Waals surface area contributed by atoms with Gasteiger partial charge in [0, 0.05) is 5.39 Å². The van der Waals surface area contributed by atoms with Gasteiger partial charge < -0.3 is 5.11 Å². The highest BCUT2D eigenvalue weighted by molar-refractivity contribution is 5.79. The normalized spacial score (nSPS) is 10.3. The van der Waals surface area contributed by atoms with Crippen molar-refractivity contribution in [3.8, 4) is 6.07 Å². The zero-order valence-electron chi connectivity index (χ0n) is 7.51. The molecule has 1 heterocycles. The molecule has 4 heteroatoms. The molecule has 0 unspecified atom stereocenters. The molecule has 0 aliphatic heterocycles. The first-order valence-electron chi connectivity index (χ1n) is 4.27. The molecule has 4 nitrogen and oxygen atoms in total. The maximum Gasteiger partial charge on any atom is 0.128 e. The third-order valence-corrected chi connectivity index (χ3v) is 2.11. The fourth-order valence-corrected chi connectivity index (χ4v) is 1.41. The number of benzene rings is 1. The van der Waals surface area contributed by atoms with Crippen LogP contribution in [-0.2, 0) is 13.2 Å². The molecule has 0 aliphatic rings. The lowest BCUT2D eigenvalue weighted by Crippen LogP contribution is -1.97. The van der Waals surface area contributed by atoms with E-state index in [-0.39, 0.29) is 13.2 Å². The van der Waals surface area contributed by atoms with E-state index in [0.29, 0.717) is 0 Å². The summed E-state index contributed by atoms with van der Waals surface area (Å²) in [6.45, 7) is 0.242. The monoisotopic (exact) mass is 187 g/mol. The Morgan fingerprint density at radius 3 is 3.07 bits per heavy atom. The quantitative estimate of drug-likeness (QED) is 0.764. The van der Waals surface area contributed by atoms with Crippen LogP contribution in [0.3, 0.4) is 0 Å². The van der Waals surface area contributed by atoms with Crippen molar-refractivity contribution in [3.63, 3.8) is 0 Å². The Hall–Kier alpha value is -1.86. The predicted molar refractivity (Wildman–Crippen MR) is 51.3 cm³/mol. The highest BCUT2D eigenvalue weighted by Gasteiger charge is 2.02. The standard InChI is InChI=1S/C10H9N3O/c11-3-4-13-10-5-8(7-14)1-2-9(10)6-12-13/h1-2,5-6,14H,4,7H2. The van der Waals surface area contributed by atoms with Crippen LogP contribution in [0.15, 0.2) is 24.4 Å². The third-order valence-electron chi connectivity index (χ3n) is 2.11. The van der Waals surface area contributed by atoms with Crippen molar-refractivity contribution in [2.45, 2.75) is 13.2 Å². The SMILES string of the molecule is N#CCn1ncc2ccc(CO)cc21. The van der Waals surface area contributed by atoms with Crippen molar-refractivity contribution in [2.24, 2.45) is 0 Å². The van der Waals surface area contributed by atoms with E-state index in [1.165, 1.54) is 0 Å². The first kappa shape index (κ1) is 8.73. The summed E-state index contributed by atoms with van der Waals surface area (Å²) in [5.74, 6) is 0. The predicted octanol–water partition coefficient (Wildman–Crippen LogP) is 1.05. The van der Waals surface area contributed by atoms with Gasteiger partial charge in [-0.15, -0.1) is 0 Å². The largest absolute Gasteiger partial charge is 0.392 e. The summed E-state index contributed by atoms with van der Waals surface area (Å²) in [5.41, 5.74) is 1.72. The van der Waals surface area contributed by atoms with Gasteiger partial charge in [-0.1, -0.05) is 12.1 Å². The molecule has 0 bridgehead atoms. The fourth-order valence-electron chi connectivity index (χ4n) is 1.41. The molecule has 0 radical (unpaired) electrons. The Morgan fingerprint density at radius 1 is 1.50 bits per heavy atom. The summed E-state index contributed by atoms with van der Waals surface area (Å²) in [7, 11) is 0. The number of aliphatic hydroxyl groups is 1. The highest BCUT2D eigenvalue weighted by Crippen LogP contribution is 2.15. The molecule has 2 aromatic rings. The van der Waals surface area contributed by atoms with E-state index in [1.807, 2.05) is 24.3 Å². The minimum Gasteiger partial charge on any atom is -0.392 e. The molecule has 0 fully saturated rings. The fraction of sp³-hybridized carbons (Fsp3) is 0.200. The molecule has 0 aliphatic carbocycles. The van der Waals surface area contributed by atoms with Gasteiger partial charge in [0.1, 0.15) is 6.54 Å². The zero-order chi connectivity index (χ0) is 9.97. The second-order valence-corrected chi connectivity index (χ2v) is 3.01. The molecule has 0 saturated carbocycles. The van der Waals surface area contributed by atoms with E-state index >= 15 is 0 Å². The highest BCUT2D eigenvalue weighted by atomic mass is 16.3. The Labute approximate surface area is 81.0 Å². The van der Waals surface area contributed by atoms with Gasteiger partial charge >= 0.3 is 0 Å². The maximum atomic E-state index is 8.96. The number of rotatable bonds is 2. The molecule has 1 aromatic carbocycles. The van der Waals surface area contributed by atoms with Gasteiger partial charge in [0.15, 0.2) is 0 Å². The van der Waals surface area contributed by atoms with Crippen LogP contribution in [0, 0.1) is 11.3 Å². The Balaban J connectivity index is 2.59. The molecule has 0 amide bonds. The minimum absolute atomic E-state index is 0.00761. The van der Waals surface area contributed by atoms with Gasteiger partial charge in [0.05, 0.1) is 24.4 Å². The summed E-state index contributed by atoms with van der Waals surface area (Å²) >= 11 is 0. The van der Waals surface area contributed by atoms with E-state index in [4.69, 9.17) is 10.4 Å². The van der Waals surface area contributed by atoms with Gasteiger partial charge in [-0.3, -0.25) is 4.68 Å². The summed E-state index contributed by atoms with van der Waals surface area (Å²) in [6.07, 6.45) is 1.72. The van der Waals surface area contributed by atoms with Crippen molar-refractivity contribution in [1.82, 2.24) is 9.78 Å². The van der Waals surface area contributed by atoms with Gasteiger partial charge in [-0.25, -0.2) is 0 Å². The number of hydrogen-bond acceptors (Lipinski definition) is 3. The lowest BCUT2D eigenvalue weighted by molar-refractivity contribution is 0.282. The van der Waals surface area contributed by atoms with Gasteiger partial charge in [-0.2, -0.15) is 10.4 Å². The van der Waals surface area contributed by atoms with Crippen LogP contribution >= 0.6 is 0 Å². The van der Waals surface area contributed by atoms with Gasteiger partial charge in [0.25, 0.3) is 0 Å². The first-order valence-corrected chi connectivity index (χ1v) is 4.27. The Morgan fingerprint density at radius 2 is 2.36 bits per heavy atom. The second kappa shape index (κ2) is 3.48. The van der Waals surface area contributed by atoms with Crippen molar-refractivity contribution in [1.29, 1.82) is 5.26 Å². The van der Waals surface area contributed by atoms with Crippen LogP contribution in [0.2, 0.25) is 0 Å². The molecule has 1 N–H and O–H groups in total. The average Bonchev–Trinajstić information content (AvgIpc) is 2.61. The number of aliphatic hydroxyl groups excluding tert-OH is 1. The Bertz CT molecular complexity index is 496. The van der Waals surface area contributed by atoms with Crippen LogP contribution in [0.1, 0.15) is 5.56 Å². The molecular weight excluding hydrogens is 178 g/mol. The number of nitrogens with zero attached hydrogens (tertiary/aromatic N) is 3. The van der Waals surface area contributed by atoms with E-state index in [0.717, 1.165) is 16.5 Å². The molecule has 2 rings (SSSR count). The lowest BCUT2D eigenvalue weighted by atomic mass is 10.2. The zero-order valence-corrected chi connectivity index (χ0v) is 7.51. The molecule has 70 valence electrons. The maximum absolute atomic E-state index is 8.96. The lowest BCUT2D eigenvalue weighted by Gasteiger charge is -1.99. The van der Waals surface area contributed by atoms with E-state index in [1.54, 1.807) is 10.9 Å². The average molecular weight is 187 g/mol. The second-order valence-electron chi connectivity index (χ2n) is 3.01. The summed E-state index contributed by atoms with van der Waals surface area (Å²) < 4.78 is 1.62. The smallest absolute Gasteiger partial charge is 0.128 e. The third kappa shape index (κ3) is 1.34. The summed E-state index contributed by atoms with van der Waals surface area (Å²) in [4.78, 5) is 0. The minimum atomic E-state index is 0.00761. The van der Waals surface area contributed by atoms with Crippen LogP contribution in [-0.4, -0.2) is 14.9 Å². The number of nitriles is 1. The molecular formula is C10H9N3O. The molecule has 0 spiro atoms. The van der Waals surface area contributed by atoms with Crippen molar-refractivity contribution < 1.29 is 5.11 Å². The van der Waals surface area contributed by atoms with Crippen molar-refractivity contribution in [2.75, 3.05) is 0 Å². The first-order chi connectivity index (χ1) is 6.85. The molecule has 1 aromatic heterocycles. The van der Waals surface area contributed by atoms with E-state index < -0.39 is 0 Å². The van der Waals surface area contributed by atoms with Crippen molar-refractivity contribution in [3.05, 3.63) is 30.0 Å².